The summed E-state index contributed by atoms with van der Waals surface area (Å²) in [4.78, 5) is 16.0. The molecule has 2 N–H and O–H groups in total. The van der Waals surface area contributed by atoms with Gasteiger partial charge in [0.05, 0.1) is 22.8 Å². The van der Waals surface area contributed by atoms with Crippen molar-refractivity contribution in [3.05, 3.63) is 71.3 Å². The second kappa shape index (κ2) is 5.89. The molecule has 5 rings (SSSR count). The van der Waals surface area contributed by atoms with E-state index in [1.54, 1.807) is 0 Å². The molecule has 5 nitrogen and oxygen atoms in total. The molecular formula is C20H14N4O. The van der Waals surface area contributed by atoms with Gasteiger partial charge in [-0.05, 0) is 72.8 Å². The monoisotopic (exact) mass is 326 g/mol. The van der Waals surface area contributed by atoms with E-state index in [2.05, 4.69) is 44.2 Å². The first-order valence-electron chi connectivity index (χ1n) is 7.85. The van der Waals surface area contributed by atoms with Gasteiger partial charge in [0, 0.05) is 27.5 Å². The van der Waals surface area contributed by atoms with Crippen molar-refractivity contribution in [3.63, 3.8) is 0 Å². The van der Waals surface area contributed by atoms with Gasteiger partial charge < -0.3 is 9.97 Å². The van der Waals surface area contributed by atoms with Crippen molar-refractivity contribution < 1.29 is 5.48 Å². The van der Waals surface area contributed by atoms with E-state index in [4.69, 9.17) is 0 Å². The fourth-order valence-corrected chi connectivity index (χ4v) is 2.94. The molecule has 0 aliphatic carbocycles. The molecule has 5 heteroatoms. The van der Waals surface area contributed by atoms with Crippen molar-refractivity contribution >= 4 is 46.4 Å². The number of aromatic nitrogens is 4. The first kappa shape index (κ1) is 15.1. The van der Waals surface area contributed by atoms with Crippen LogP contribution >= 0.6 is 0 Å². The van der Waals surface area contributed by atoms with E-state index in [0.29, 0.717) is 0 Å². The fourth-order valence-electron chi connectivity index (χ4n) is 2.94. The molecular weight excluding hydrogens is 312 g/mol. The van der Waals surface area contributed by atoms with Crippen molar-refractivity contribution in [3.8, 4) is 0 Å². The molecule has 0 saturated heterocycles. The summed E-state index contributed by atoms with van der Waals surface area (Å²) in [5.74, 6) is 0. The Morgan fingerprint density at radius 3 is 1.04 bits per heavy atom. The predicted octanol–water partition coefficient (Wildman–Crippen LogP) is 4.54. The summed E-state index contributed by atoms with van der Waals surface area (Å²) in [7, 11) is 0. The molecule has 2 aliphatic heterocycles. The maximum Gasteiger partial charge on any atom is 0.0658 e. The van der Waals surface area contributed by atoms with Crippen molar-refractivity contribution in [2.75, 3.05) is 0 Å². The zero-order valence-corrected chi connectivity index (χ0v) is 13.2. The highest BCUT2D eigenvalue weighted by Gasteiger charge is 2.00. The Balaban J connectivity index is 0.00000157. The maximum atomic E-state index is 4.63. The molecule has 0 amide bonds. The third kappa shape index (κ3) is 3.00. The molecule has 0 atom stereocenters. The van der Waals surface area contributed by atoms with Crippen LogP contribution in [0.3, 0.4) is 0 Å². The highest BCUT2D eigenvalue weighted by molar-refractivity contribution is 5.77. The molecule has 0 aromatic carbocycles. The zero-order valence-electron chi connectivity index (χ0n) is 13.2. The highest BCUT2D eigenvalue weighted by Crippen LogP contribution is 2.16. The fraction of sp³-hybridized carbons (Fsp3) is 0. The van der Waals surface area contributed by atoms with Crippen LogP contribution in [0.1, 0.15) is 22.8 Å². The van der Waals surface area contributed by atoms with E-state index in [1.807, 2.05) is 48.6 Å². The van der Waals surface area contributed by atoms with Crippen LogP contribution < -0.4 is 0 Å². The van der Waals surface area contributed by atoms with Crippen molar-refractivity contribution in [1.82, 2.24) is 19.9 Å². The minimum Gasteiger partial charge on any atom is -0.355 e. The van der Waals surface area contributed by atoms with Gasteiger partial charge in [-0.15, -0.1) is 0 Å². The van der Waals surface area contributed by atoms with Crippen LogP contribution in [-0.4, -0.2) is 19.9 Å². The summed E-state index contributed by atoms with van der Waals surface area (Å²) < 4.78 is 0. The Kier molecular flexibility index (Phi) is 3.56. The van der Waals surface area contributed by atoms with Crippen molar-refractivity contribution in [1.29, 1.82) is 0 Å². The van der Waals surface area contributed by atoms with Gasteiger partial charge in [0.1, 0.15) is 0 Å². The maximum absolute atomic E-state index is 4.63. The minimum atomic E-state index is 0. The van der Waals surface area contributed by atoms with E-state index < -0.39 is 0 Å². The molecule has 5 heterocycles. The zero-order chi connectivity index (χ0) is 15.9. The quantitative estimate of drug-likeness (QED) is 0.438. The third-order valence-electron chi connectivity index (χ3n) is 4.04. The smallest absolute Gasteiger partial charge is 0.0658 e. The lowest BCUT2D eigenvalue weighted by molar-refractivity contribution is 0.686. The van der Waals surface area contributed by atoms with Crippen LogP contribution in [0.15, 0.2) is 48.5 Å². The van der Waals surface area contributed by atoms with Crippen molar-refractivity contribution in [2.45, 2.75) is 0 Å². The number of nitrogens with one attached hydrogen (secondary N) is 2. The first-order chi connectivity index (χ1) is 11.8. The van der Waals surface area contributed by atoms with Crippen LogP contribution in [0.2, 0.25) is 0 Å². The van der Waals surface area contributed by atoms with Crippen LogP contribution in [0.5, 0.6) is 0 Å². The summed E-state index contributed by atoms with van der Waals surface area (Å²) in [6.07, 6.45) is 8.09. The Morgan fingerprint density at radius 2 is 0.760 bits per heavy atom. The molecule has 0 unspecified atom stereocenters. The number of nitrogens with zero attached hydrogens (tertiary/aromatic N) is 2. The summed E-state index contributed by atoms with van der Waals surface area (Å²) >= 11 is 0. The van der Waals surface area contributed by atoms with E-state index in [9.17, 15) is 0 Å². The van der Waals surface area contributed by atoms with Gasteiger partial charge >= 0.3 is 0 Å². The topological polar surface area (TPSA) is 85.9 Å². The molecule has 25 heavy (non-hydrogen) atoms. The molecule has 0 saturated carbocycles. The number of hydrogen-bond acceptors (Lipinski definition) is 2. The molecule has 2 aliphatic rings. The standard InChI is InChI=1S/C20H14N4.O/c1-2-14-10-16-5-6-18(23-16)12-20-8-7-19(24-20)11-17-4-3-15(22-17)9-13(1)21-14;/h1-12,21,24H;. The van der Waals surface area contributed by atoms with E-state index in [0.717, 1.165) is 44.8 Å². The van der Waals surface area contributed by atoms with Gasteiger partial charge in [-0.3, -0.25) is 0 Å². The van der Waals surface area contributed by atoms with E-state index >= 15 is 0 Å². The average Bonchev–Trinajstić information content (AvgIpc) is 3.32. The lowest BCUT2D eigenvalue weighted by Gasteiger charge is -1.85. The highest BCUT2D eigenvalue weighted by atomic mass is 16.0. The summed E-state index contributed by atoms with van der Waals surface area (Å²) in [6.45, 7) is 0. The van der Waals surface area contributed by atoms with Crippen LogP contribution in [0.25, 0.3) is 46.4 Å². The Hall–Kier alpha value is -3.44. The largest absolute Gasteiger partial charge is 0.355 e. The SMILES string of the molecule is C1=Cc2cc3ccc(cc4nc(cc5ccc(cc1n2)[nH]5)C=C4)[nH]3.[O]. The Morgan fingerprint density at radius 1 is 0.480 bits per heavy atom. The second-order valence-electron chi connectivity index (χ2n) is 5.91. The predicted molar refractivity (Wildman–Crippen MR) is 99.5 cm³/mol. The third-order valence-corrected chi connectivity index (χ3v) is 4.04. The average molecular weight is 326 g/mol. The lowest BCUT2D eigenvalue weighted by Crippen LogP contribution is -1.75. The Labute approximate surface area is 143 Å². The van der Waals surface area contributed by atoms with Crippen LogP contribution in [0.4, 0.5) is 0 Å². The molecule has 3 aromatic heterocycles. The lowest BCUT2D eigenvalue weighted by atomic mass is 10.3. The molecule has 8 bridgehead atoms. The number of rotatable bonds is 0. The van der Waals surface area contributed by atoms with Gasteiger partial charge in [0.2, 0.25) is 0 Å². The van der Waals surface area contributed by atoms with Gasteiger partial charge in [0.25, 0.3) is 0 Å². The van der Waals surface area contributed by atoms with Gasteiger partial charge in [-0.2, -0.15) is 0 Å². The number of hydrogen-bond donors (Lipinski definition) is 2. The van der Waals surface area contributed by atoms with Crippen LogP contribution in [-0.2, 0) is 5.48 Å². The van der Waals surface area contributed by atoms with Gasteiger partial charge in [-0.1, -0.05) is 0 Å². The molecule has 3 aromatic rings. The summed E-state index contributed by atoms with van der Waals surface area (Å²) in [5, 5.41) is 0. The van der Waals surface area contributed by atoms with E-state index in [-0.39, 0.29) is 5.48 Å². The molecule has 0 spiro atoms. The molecule has 2 radical (unpaired) electrons. The van der Waals surface area contributed by atoms with E-state index in [1.165, 1.54) is 0 Å². The number of fused-ring (bicyclic) bond motifs is 8. The molecule has 0 fully saturated rings. The van der Waals surface area contributed by atoms with Gasteiger partial charge in [0.15, 0.2) is 0 Å². The Bertz CT molecular complexity index is 990. The minimum absolute atomic E-state index is 0. The second-order valence-corrected chi connectivity index (χ2v) is 5.91. The number of H-pyrrole nitrogens is 2. The first-order valence-corrected chi connectivity index (χ1v) is 7.85. The van der Waals surface area contributed by atoms with Crippen molar-refractivity contribution in [2.24, 2.45) is 0 Å². The molecule has 120 valence electrons. The number of aromatic amines is 2. The normalized spacial score (nSPS) is 12.2. The van der Waals surface area contributed by atoms with Crippen LogP contribution in [0, 0.1) is 0 Å². The summed E-state index contributed by atoms with van der Waals surface area (Å²) in [5.41, 5.74) is 7.86. The van der Waals surface area contributed by atoms with Gasteiger partial charge in [-0.25, -0.2) is 9.97 Å². The summed E-state index contributed by atoms with van der Waals surface area (Å²) in [6, 6.07) is 16.4.